The second-order valence-electron chi connectivity index (χ2n) is 6.72. The van der Waals surface area contributed by atoms with Crippen molar-refractivity contribution < 1.29 is 31.5 Å². The number of fused-ring (bicyclic) bond motifs is 1. The van der Waals surface area contributed by atoms with Crippen LogP contribution in [0.25, 0.3) is 16.7 Å². The summed E-state index contributed by atoms with van der Waals surface area (Å²) in [6.07, 6.45) is -4.96. The summed E-state index contributed by atoms with van der Waals surface area (Å²) >= 11 is 0. The van der Waals surface area contributed by atoms with E-state index in [4.69, 9.17) is 5.11 Å². The Morgan fingerprint density at radius 2 is 1.41 bits per heavy atom. The van der Waals surface area contributed by atoms with E-state index in [0.29, 0.717) is 10.0 Å². The summed E-state index contributed by atoms with van der Waals surface area (Å²) in [7, 11) is -4.95. The van der Waals surface area contributed by atoms with Crippen LogP contribution in [0.3, 0.4) is 0 Å². The molecule has 0 bridgehead atoms. The van der Waals surface area contributed by atoms with Gasteiger partial charge >= 0.3 is 17.8 Å². The van der Waals surface area contributed by atoms with Crippen molar-refractivity contribution >= 4 is 27.0 Å². The van der Waals surface area contributed by atoms with Crippen LogP contribution in [0.1, 0.15) is 15.9 Å². The lowest BCUT2D eigenvalue weighted by atomic mass is 10.2. The maximum absolute atomic E-state index is 13.5. The highest BCUT2D eigenvalue weighted by Gasteiger charge is 2.38. The van der Waals surface area contributed by atoms with Gasteiger partial charge in [-0.15, -0.1) is 0 Å². The lowest BCUT2D eigenvalue weighted by Gasteiger charge is -2.13. The molecule has 164 valence electrons. The van der Waals surface area contributed by atoms with E-state index in [1.165, 1.54) is 48.5 Å². The smallest absolute Gasteiger partial charge is 0.417 e. The fourth-order valence-electron chi connectivity index (χ4n) is 3.38. The van der Waals surface area contributed by atoms with Gasteiger partial charge in [0.2, 0.25) is 0 Å². The number of nitrogens with zero attached hydrogens (tertiary/aromatic N) is 2. The van der Waals surface area contributed by atoms with Crippen molar-refractivity contribution in [3.8, 4) is 5.69 Å². The average molecular weight is 462 g/mol. The first-order valence-corrected chi connectivity index (χ1v) is 10.5. The highest BCUT2D eigenvalue weighted by molar-refractivity contribution is 7.90. The Hall–Kier alpha value is -3.86. The summed E-state index contributed by atoms with van der Waals surface area (Å²) in [5.41, 5.74) is -2.43. The van der Waals surface area contributed by atoms with Gasteiger partial charge in [0.15, 0.2) is 0 Å². The molecule has 4 aromatic rings. The number of hydrogen-bond acceptors (Lipinski definition) is 4. The third-order valence-corrected chi connectivity index (χ3v) is 6.54. The normalized spacial score (nSPS) is 12.2. The molecule has 1 aromatic heterocycles. The minimum Gasteiger partial charge on any atom is -0.478 e. The van der Waals surface area contributed by atoms with Crippen LogP contribution >= 0.6 is 0 Å². The maximum Gasteiger partial charge on any atom is 0.417 e. The van der Waals surface area contributed by atoms with Crippen molar-refractivity contribution in [1.82, 2.24) is 8.54 Å². The standard InChI is InChI=1S/C21H13F3N2O5S/c22-21(23,24)15-5-1-4-8-18(15)32(30,31)26-17-7-3-2-6-16(17)25(20(26)29)14-11-9-13(10-12-14)19(27)28/h1-12H,(H,27,28). The number of alkyl halides is 3. The van der Waals surface area contributed by atoms with Gasteiger partial charge in [0.1, 0.15) is 4.90 Å². The molecule has 0 saturated carbocycles. The Labute approximate surface area is 178 Å². The molecule has 4 rings (SSSR count). The molecular formula is C21H13F3N2O5S. The lowest BCUT2D eigenvalue weighted by Crippen LogP contribution is -2.30. The molecule has 32 heavy (non-hydrogen) atoms. The molecule has 0 unspecified atom stereocenters. The zero-order chi connectivity index (χ0) is 23.3. The summed E-state index contributed by atoms with van der Waals surface area (Å²) in [5, 5.41) is 9.06. The zero-order valence-corrected chi connectivity index (χ0v) is 16.8. The number of hydrogen-bond donors (Lipinski definition) is 1. The second kappa shape index (κ2) is 7.38. The highest BCUT2D eigenvalue weighted by Crippen LogP contribution is 2.35. The van der Waals surface area contributed by atoms with Gasteiger partial charge in [0.05, 0.1) is 27.8 Å². The first-order chi connectivity index (χ1) is 15.0. The van der Waals surface area contributed by atoms with E-state index in [2.05, 4.69) is 0 Å². The van der Waals surface area contributed by atoms with Crippen LogP contribution in [-0.4, -0.2) is 28.0 Å². The van der Waals surface area contributed by atoms with Gasteiger partial charge in [-0.1, -0.05) is 24.3 Å². The van der Waals surface area contributed by atoms with Gasteiger partial charge in [0.25, 0.3) is 10.0 Å². The van der Waals surface area contributed by atoms with Crippen LogP contribution < -0.4 is 5.69 Å². The van der Waals surface area contributed by atoms with Crippen LogP contribution in [-0.2, 0) is 16.2 Å². The molecule has 0 radical (unpaired) electrons. The lowest BCUT2D eigenvalue weighted by molar-refractivity contribution is -0.139. The van der Waals surface area contributed by atoms with Gasteiger partial charge in [-0.2, -0.15) is 17.1 Å². The maximum atomic E-state index is 13.5. The molecule has 11 heteroatoms. The van der Waals surface area contributed by atoms with E-state index in [0.717, 1.165) is 22.8 Å². The third kappa shape index (κ3) is 3.36. The minimum atomic E-state index is -4.96. The van der Waals surface area contributed by atoms with Crippen LogP contribution in [0.5, 0.6) is 0 Å². The Kier molecular flexibility index (Phi) is 4.93. The largest absolute Gasteiger partial charge is 0.478 e. The van der Waals surface area contributed by atoms with Crippen molar-refractivity contribution in [1.29, 1.82) is 0 Å². The predicted octanol–water partition coefficient (Wildman–Crippen LogP) is 3.75. The van der Waals surface area contributed by atoms with E-state index >= 15 is 0 Å². The predicted molar refractivity (Wildman–Crippen MR) is 109 cm³/mol. The molecule has 1 N–H and O–H groups in total. The zero-order valence-electron chi connectivity index (χ0n) is 15.9. The first-order valence-electron chi connectivity index (χ1n) is 9.01. The number of benzene rings is 3. The van der Waals surface area contributed by atoms with Crippen LogP contribution in [0.15, 0.2) is 82.5 Å². The number of aromatic carboxylic acids is 1. The highest BCUT2D eigenvalue weighted by atomic mass is 32.2. The number of halogens is 3. The average Bonchev–Trinajstić information content (AvgIpc) is 3.05. The monoisotopic (exact) mass is 462 g/mol. The quantitative estimate of drug-likeness (QED) is 0.498. The topological polar surface area (TPSA) is 98.4 Å². The molecule has 0 saturated heterocycles. The number of carboxylic acids is 1. The van der Waals surface area contributed by atoms with Gasteiger partial charge in [-0.05, 0) is 48.5 Å². The van der Waals surface area contributed by atoms with E-state index in [9.17, 15) is 31.2 Å². The SMILES string of the molecule is O=C(O)c1ccc(-n2c(=O)n(S(=O)(=O)c3ccccc3C(F)(F)F)c3ccccc32)cc1. The molecule has 0 fully saturated rings. The van der Waals surface area contributed by atoms with E-state index in [-0.39, 0.29) is 22.3 Å². The molecule has 0 aliphatic carbocycles. The van der Waals surface area contributed by atoms with E-state index in [1.54, 1.807) is 0 Å². The summed E-state index contributed by atoms with van der Waals surface area (Å²) in [6.45, 7) is 0. The fraction of sp³-hybridized carbons (Fsp3) is 0.0476. The van der Waals surface area contributed by atoms with Gasteiger partial charge in [0, 0.05) is 0 Å². The van der Waals surface area contributed by atoms with Gasteiger partial charge < -0.3 is 5.11 Å². The van der Waals surface area contributed by atoms with Crippen LogP contribution in [0.4, 0.5) is 13.2 Å². The number of aromatic nitrogens is 2. The Morgan fingerprint density at radius 1 is 0.844 bits per heavy atom. The van der Waals surface area contributed by atoms with Crippen molar-refractivity contribution in [3.63, 3.8) is 0 Å². The Balaban J connectivity index is 2.03. The fourth-order valence-corrected chi connectivity index (χ4v) is 4.99. The second-order valence-corrected chi connectivity index (χ2v) is 8.48. The van der Waals surface area contributed by atoms with Gasteiger partial charge in [-0.25, -0.2) is 18.0 Å². The minimum absolute atomic E-state index is 0.0581. The third-order valence-electron chi connectivity index (χ3n) is 4.79. The molecule has 0 spiro atoms. The molecule has 0 aliphatic heterocycles. The van der Waals surface area contributed by atoms with Crippen molar-refractivity contribution in [2.45, 2.75) is 11.1 Å². The molecule has 0 aliphatic rings. The first kappa shape index (κ1) is 21.4. The van der Waals surface area contributed by atoms with Crippen molar-refractivity contribution in [2.75, 3.05) is 0 Å². The number of rotatable bonds is 4. The number of para-hydroxylation sites is 2. The summed E-state index contributed by atoms with van der Waals surface area (Å²) < 4.78 is 68.3. The molecule has 0 amide bonds. The molecule has 1 heterocycles. The summed E-state index contributed by atoms with van der Waals surface area (Å²) in [4.78, 5) is 23.3. The molecule has 3 aromatic carbocycles. The van der Waals surface area contributed by atoms with Crippen LogP contribution in [0.2, 0.25) is 0 Å². The summed E-state index contributed by atoms with van der Waals surface area (Å²) in [5.74, 6) is -1.20. The van der Waals surface area contributed by atoms with Gasteiger partial charge in [-0.3, -0.25) is 4.57 Å². The van der Waals surface area contributed by atoms with Crippen molar-refractivity contribution in [2.24, 2.45) is 0 Å². The number of carboxylic acid groups (broad SMARTS) is 1. The molecule has 0 atom stereocenters. The number of imidazole rings is 1. The van der Waals surface area contributed by atoms with Crippen LogP contribution in [0, 0.1) is 0 Å². The number of carbonyl (C=O) groups is 1. The van der Waals surface area contributed by atoms with E-state index < -0.39 is 38.3 Å². The van der Waals surface area contributed by atoms with Crippen molar-refractivity contribution in [3.05, 3.63) is 94.4 Å². The Morgan fingerprint density at radius 3 is 2.00 bits per heavy atom. The molecular weight excluding hydrogens is 449 g/mol. The molecule has 7 nitrogen and oxygen atoms in total. The van der Waals surface area contributed by atoms with E-state index in [1.807, 2.05) is 0 Å². The Bertz CT molecular complexity index is 1520. The summed E-state index contributed by atoms with van der Waals surface area (Å²) in [6, 6.07) is 14.4.